The number of azo groups is 1. The Balaban J connectivity index is 2.09. The fourth-order valence-electron chi connectivity index (χ4n) is 2.77. The predicted octanol–water partition coefficient (Wildman–Crippen LogP) is 6.14. The van der Waals surface area contributed by atoms with Crippen LogP contribution in [-0.2, 0) is 5.41 Å². The molecule has 3 aromatic rings. The van der Waals surface area contributed by atoms with Crippen LogP contribution in [-0.4, -0.2) is 16.0 Å². The highest BCUT2D eigenvalue weighted by atomic mass is 16.5. The van der Waals surface area contributed by atoms with E-state index in [1.807, 2.05) is 40.9 Å². The standard InChI is InChI=1S/C21H26N4O/c1-6-14-26-17-12-8-7-11-16(17)23-24-20-18(21(3,4)5)22-19-15(2)10-9-13-25(19)20/h7-13H,6,14H2,1-5H3. The maximum absolute atomic E-state index is 5.78. The molecule has 0 atom stereocenters. The van der Waals surface area contributed by atoms with Gasteiger partial charge < -0.3 is 4.74 Å². The fraction of sp³-hybridized carbons (Fsp3) is 0.381. The van der Waals surface area contributed by atoms with Gasteiger partial charge in [0, 0.05) is 11.6 Å². The van der Waals surface area contributed by atoms with Gasteiger partial charge in [-0.05, 0) is 37.1 Å². The summed E-state index contributed by atoms with van der Waals surface area (Å²) in [7, 11) is 0. The minimum atomic E-state index is -0.134. The predicted molar refractivity (Wildman–Crippen MR) is 105 cm³/mol. The number of rotatable bonds is 5. The number of imidazole rings is 1. The number of hydrogen-bond donors (Lipinski definition) is 0. The fourth-order valence-corrected chi connectivity index (χ4v) is 2.77. The average molecular weight is 350 g/mol. The highest BCUT2D eigenvalue weighted by Gasteiger charge is 2.24. The number of aromatic nitrogens is 2. The van der Waals surface area contributed by atoms with Crippen molar-refractivity contribution in [2.45, 2.75) is 46.5 Å². The van der Waals surface area contributed by atoms with Gasteiger partial charge in [-0.2, -0.15) is 0 Å². The van der Waals surface area contributed by atoms with Crippen LogP contribution in [0.25, 0.3) is 5.65 Å². The number of fused-ring (bicyclic) bond motifs is 1. The van der Waals surface area contributed by atoms with Crippen molar-refractivity contribution in [2.24, 2.45) is 10.2 Å². The van der Waals surface area contributed by atoms with Crippen molar-refractivity contribution >= 4 is 17.2 Å². The van der Waals surface area contributed by atoms with Crippen molar-refractivity contribution in [3.8, 4) is 5.75 Å². The van der Waals surface area contributed by atoms with Crippen LogP contribution in [0.4, 0.5) is 11.5 Å². The molecule has 0 saturated carbocycles. The summed E-state index contributed by atoms with van der Waals surface area (Å²) < 4.78 is 7.79. The zero-order valence-electron chi connectivity index (χ0n) is 16.2. The minimum absolute atomic E-state index is 0.134. The molecule has 0 fully saturated rings. The van der Waals surface area contributed by atoms with Gasteiger partial charge in [0.1, 0.15) is 17.1 Å². The number of para-hydroxylation sites is 1. The van der Waals surface area contributed by atoms with Gasteiger partial charge in [-0.3, -0.25) is 4.40 Å². The van der Waals surface area contributed by atoms with Crippen LogP contribution < -0.4 is 4.74 Å². The van der Waals surface area contributed by atoms with Crippen LogP contribution in [0, 0.1) is 6.92 Å². The van der Waals surface area contributed by atoms with Gasteiger partial charge >= 0.3 is 0 Å². The van der Waals surface area contributed by atoms with E-state index in [9.17, 15) is 0 Å². The number of pyridine rings is 1. The second-order valence-corrected chi connectivity index (χ2v) is 7.44. The van der Waals surface area contributed by atoms with E-state index in [0.717, 1.165) is 40.6 Å². The molecule has 26 heavy (non-hydrogen) atoms. The topological polar surface area (TPSA) is 51.2 Å². The minimum Gasteiger partial charge on any atom is -0.491 e. The molecule has 136 valence electrons. The number of benzene rings is 1. The molecular weight excluding hydrogens is 324 g/mol. The Labute approximate surface area is 154 Å². The monoisotopic (exact) mass is 350 g/mol. The molecule has 0 unspecified atom stereocenters. The second-order valence-electron chi connectivity index (χ2n) is 7.44. The van der Waals surface area contributed by atoms with Crippen molar-refractivity contribution in [3.05, 3.63) is 53.9 Å². The molecule has 3 rings (SSSR count). The third-order valence-electron chi connectivity index (χ3n) is 4.11. The Hall–Kier alpha value is -2.69. The summed E-state index contributed by atoms with van der Waals surface area (Å²) in [6.45, 7) is 11.2. The van der Waals surface area contributed by atoms with Crippen LogP contribution in [0.5, 0.6) is 5.75 Å². The van der Waals surface area contributed by atoms with Crippen molar-refractivity contribution in [1.29, 1.82) is 0 Å². The normalized spacial score (nSPS) is 12.2. The Kier molecular flexibility index (Phi) is 5.07. The van der Waals surface area contributed by atoms with E-state index in [1.165, 1.54) is 0 Å². The van der Waals surface area contributed by atoms with Gasteiger partial charge in [0.2, 0.25) is 0 Å². The Morgan fingerprint density at radius 2 is 1.85 bits per heavy atom. The van der Waals surface area contributed by atoms with Crippen LogP contribution in [0.15, 0.2) is 52.8 Å². The first-order valence-corrected chi connectivity index (χ1v) is 9.03. The smallest absolute Gasteiger partial charge is 0.183 e. The summed E-state index contributed by atoms with van der Waals surface area (Å²) in [5.41, 5.74) is 3.56. The Morgan fingerprint density at radius 1 is 1.08 bits per heavy atom. The van der Waals surface area contributed by atoms with Crippen molar-refractivity contribution in [1.82, 2.24) is 9.38 Å². The molecule has 0 radical (unpaired) electrons. The Morgan fingerprint density at radius 3 is 2.58 bits per heavy atom. The third-order valence-corrected chi connectivity index (χ3v) is 4.11. The molecule has 0 bridgehead atoms. The zero-order valence-corrected chi connectivity index (χ0v) is 16.2. The van der Waals surface area contributed by atoms with Gasteiger partial charge in [0.25, 0.3) is 0 Å². The van der Waals surface area contributed by atoms with Crippen molar-refractivity contribution < 1.29 is 4.74 Å². The van der Waals surface area contributed by atoms with E-state index in [1.54, 1.807) is 0 Å². The zero-order chi connectivity index (χ0) is 18.7. The van der Waals surface area contributed by atoms with Crippen molar-refractivity contribution in [3.63, 3.8) is 0 Å². The highest BCUT2D eigenvalue weighted by molar-refractivity contribution is 5.58. The van der Waals surface area contributed by atoms with E-state index in [2.05, 4.69) is 50.9 Å². The van der Waals surface area contributed by atoms with Crippen LogP contribution in [0.1, 0.15) is 45.4 Å². The summed E-state index contributed by atoms with van der Waals surface area (Å²) in [4.78, 5) is 4.85. The van der Waals surface area contributed by atoms with Gasteiger partial charge in [-0.1, -0.05) is 45.9 Å². The molecule has 0 aliphatic carbocycles. The van der Waals surface area contributed by atoms with Gasteiger partial charge in [-0.15, -0.1) is 10.2 Å². The number of nitrogens with zero attached hydrogens (tertiary/aromatic N) is 4. The highest BCUT2D eigenvalue weighted by Crippen LogP contribution is 2.35. The lowest BCUT2D eigenvalue weighted by Gasteiger charge is -2.15. The average Bonchev–Trinajstić information content (AvgIpc) is 2.99. The summed E-state index contributed by atoms with van der Waals surface area (Å²) in [6.07, 6.45) is 2.94. The lowest BCUT2D eigenvalue weighted by molar-refractivity contribution is 0.318. The lowest BCUT2D eigenvalue weighted by Crippen LogP contribution is -2.11. The number of aryl methyl sites for hydroxylation is 1. The summed E-state index contributed by atoms with van der Waals surface area (Å²) in [5, 5.41) is 9.08. The number of ether oxygens (including phenoxy) is 1. The molecule has 0 N–H and O–H groups in total. The molecule has 5 nitrogen and oxygen atoms in total. The van der Waals surface area contributed by atoms with Crippen molar-refractivity contribution in [2.75, 3.05) is 6.61 Å². The van der Waals surface area contributed by atoms with Gasteiger partial charge in [0.15, 0.2) is 5.82 Å². The first-order chi connectivity index (χ1) is 12.4. The molecule has 0 saturated heterocycles. The van der Waals surface area contributed by atoms with E-state index in [-0.39, 0.29) is 5.41 Å². The van der Waals surface area contributed by atoms with Crippen LogP contribution in [0.3, 0.4) is 0 Å². The maximum atomic E-state index is 5.78. The molecular formula is C21H26N4O. The van der Waals surface area contributed by atoms with E-state index >= 15 is 0 Å². The molecule has 0 aliphatic heterocycles. The second kappa shape index (κ2) is 7.28. The van der Waals surface area contributed by atoms with Gasteiger partial charge in [-0.25, -0.2) is 4.98 Å². The lowest BCUT2D eigenvalue weighted by atomic mass is 9.92. The molecule has 0 spiro atoms. The Bertz CT molecular complexity index is 935. The molecule has 1 aromatic carbocycles. The summed E-state index contributed by atoms with van der Waals surface area (Å²) in [5.74, 6) is 1.52. The van der Waals surface area contributed by atoms with E-state index < -0.39 is 0 Å². The quantitative estimate of drug-likeness (QED) is 0.519. The largest absolute Gasteiger partial charge is 0.491 e. The maximum Gasteiger partial charge on any atom is 0.183 e. The first-order valence-electron chi connectivity index (χ1n) is 9.03. The first kappa shape index (κ1) is 18.1. The molecule has 2 heterocycles. The molecule has 0 amide bonds. The van der Waals surface area contributed by atoms with Crippen LogP contribution in [0.2, 0.25) is 0 Å². The van der Waals surface area contributed by atoms with E-state index in [0.29, 0.717) is 6.61 Å². The molecule has 5 heteroatoms. The van der Waals surface area contributed by atoms with Crippen LogP contribution >= 0.6 is 0 Å². The number of hydrogen-bond acceptors (Lipinski definition) is 4. The summed E-state index contributed by atoms with van der Waals surface area (Å²) in [6, 6.07) is 11.8. The SMILES string of the molecule is CCCOc1ccccc1N=Nc1c(C(C)(C)C)nc2c(C)cccn12. The molecule has 2 aromatic heterocycles. The van der Waals surface area contributed by atoms with E-state index in [4.69, 9.17) is 9.72 Å². The summed E-state index contributed by atoms with van der Waals surface area (Å²) >= 11 is 0. The molecule has 0 aliphatic rings. The third kappa shape index (κ3) is 3.62. The van der Waals surface area contributed by atoms with Gasteiger partial charge in [0.05, 0.1) is 12.3 Å².